The summed E-state index contributed by atoms with van der Waals surface area (Å²) in [6.07, 6.45) is 4.14. The average Bonchev–Trinajstić information content (AvgIpc) is 3.11. The van der Waals surface area contributed by atoms with Crippen molar-refractivity contribution in [2.75, 3.05) is 16.8 Å². The second-order valence-corrected chi connectivity index (χ2v) is 12.1. The maximum Gasteiger partial charge on any atom is 0.341 e. The van der Waals surface area contributed by atoms with Crippen molar-refractivity contribution < 1.29 is 22.7 Å². The molecule has 0 bridgehead atoms. The number of amides is 1. The van der Waals surface area contributed by atoms with Gasteiger partial charge in [-0.25, -0.2) is 13.2 Å². The van der Waals surface area contributed by atoms with Gasteiger partial charge in [0.05, 0.1) is 23.0 Å². The summed E-state index contributed by atoms with van der Waals surface area (Å²) in [5.41, 5.74) is 0.810. The molecule has 1 aromatic rings. The van der Waals surface area contributed by atoms with Crippen LogP contribution < -0.4 is 5.32 Å². The van der Waals surface area contributed by atoms with E-state index in [1.165, 1.54) is 11.3 Å². The minimum Gasteiger partial charge on any atom is -0.456 e. The number of fused-ring (bicyclic) bond motifs is 1. The zero-order valence-corrected chi connectivity index (χ0v) is 18.6. The van der Waals surface area contributed by atoms with Gasteiger partial charge in [0.1, 0.15) is 10.6 Å². The van der Waals surface area contributed by atoms with Crippen LogP contribution in [-0.4, -0.2) is 37.4 Å². The number of sulfone groups is 1. The lowest BCUT2D eigenvalue weighted by Crippen LogP contribution is -2.27. The summed E-state index contributed by atoms with van der Waals surface area (Å²) in [5, 5.41) is 3.37. The quantitative estimate of drug-likeness (QED) is 0.742. The molecule has 28 heavy (non-hydrogen) atoms. The zero-order chi connectivity index (χ0) is 20.7. The number of nitrogens with one attached hydrogen (secondary N) is 1. The predicted molar refractivity (Wildman–Crippen MR) is 111 cm³/mol. The number of hydrogen-bond donors (Lipinski definition) is 1. The molecule has 2 heterocycles. The highest BCUT2D eigenvalue weighted by Gasteiger charge is 2.36. The molecule has 1 aliphatic heterocycles. The molecular formula is C20H29NO5S2. The molecule has 1 saturated heterocycles. The van der Waals surface area contributed by atoms with Gasteiger partial charge in [-0.2, -0.15) is 0 Å². The molecule has 1 amide bonds. The lowest BCUT2D eigenvalue weighted by Gasteiger charge is -2.23. The molecule has 0 saturated carbocycles. The van der Waals surface area contributed by atoms with Crippen LogP contribution in [-0.2, 0) is 32.2 Å². The van der Waals surface area contributed by atoms with Gasteiger partial charge in [0.2, 0.25) is 5.91 Å². The fraction of sp³-hybridized carbons (Fsp3) is 0.700. The number of carbonyl (C=O) groups is 2. The summed E-state index contributed by atoms with van der Waals surface area (Å²) in [5.74, 6) is -0.793. The molecule has 1 aromatic heterocycles. The molecule has 3 rings (SSSR count). The van der Waals surface area contributed by atoms with Gasteiger partial charge in [-0.3, -0.25) is 4.79 Å². The number of carbonyl (C=O) groups excluding carboxylic acids is 2. The Bertz CT molecular complexity index is 879. The summed E-state index contributed by atoms with van der Waals surface area (Å²) >= 11 is 1.44. The molecule has 0 radical (unpaired) electrons. The monoisotopic (exact) mass is 427 g/mol. The average molecular weight is 428 g/mol. The van der Waals surface area contributed by atoms with Crippen molar-refractivity contribution in [3.8, 4) is 0 Å². The highest BCUT2D eigenvalue weighted by molar-refractivity contribution is 7.91. The Kier molecular flexibility index (Phi) is 5.92. The largest absolute Gasteiger partial charge is 0.456 e. The van der Waals surface area contributed by atoms with Gasteiger partial charge >= 0.3 is 5.97 Å². The summed E-state index contributed by atoms with van der Waals surface area (Å²) in [7, 11) is -3.15. The minimum absolute atomic E-state index is 0.0448. The summed E-state index contributed by atoms with van der Waals surface area (Å²) in [6.45, 7) is 7.62. The van der Waals surface area contributed by atoms with E-state index in [-0.39, 0.29) is 17.4 Å². The molecule has 1 N–H and O–H groups in total. The number of esters is 1. The first-order valence-corrected chi connectivity index (χ1v) is 12.5. The first-order valence-electron chi connectivity index (χ1n) is 9.88. The van der Waals surface area contributed by atoms with Gasteiger partial charge in [0.15, 0.2) is 9.84 Å². The van der Waals surface area contributed by atoms with Crippen LogP contribution in [0.2, 0.25) is 0 Å². The standard InChI is InChI=1S/C20H29NO5S2/c1-5-12-6-7-14-15(10-12)27-18(16(14)19(23)26-20(2,3)4)21-17(22)13-8-9-28(24,25)11-13/h12-13H,5-11H2,1-4H3,(H,21,22)/t12-,13+/m1/s1. The molecule has 1 aliphatic carbocycles. The normalized spacial score (nSPS) is 23.9. The molecule has 6 nitrogen and oxygen atoms in total. The van der Waals surface area contributed by atoms with Crippen molar-refractivity contribution in [2.24, 2.45) is 11.8 Å². The number of rotatable bonds is 4. The maximum absolute atomic E-state index is 12.9. The van der Waals surface area contributed by atoms with Gasteiger partial charge in [0.25, 0.3) is 0 Å². The summed E-state index contributed by atoms with van der Waals surface area (Å²) in [4.78, 5) is 26.7. The molecule has 156 valence electrons. The van der Waals surface area contributed by atoms with Crippen molar-refractivity contribution in [2.45, 2.75) is 65.4 Å². The van der Waals surface area contributed by atoms with Crippen LogP contribution in [0.5, 0.6) is 0 Å². The highest BCUT2D eigenvalue weighted by Crippen LogP contribution is 2.41. The smallest absolute Gasteiger partial charge is 0.341 e. The molecule has 0 spiro atoms. The first kappa shape index (κ1) is 21.3. The molecule has 1 fully saturated rings. The topological polar surface area (TPSA) is 89.5 Å². The van der Waals surface area contributed by atoms with Crippen molar-refractivity contribution in [1.82, 2.24) is 0 Å². The van der Waals surface area contributed by atoms with Crippen molar-refractivity contribution in [1.29, 1.82) is 0 Å². The Labute approximate surface area is 171 Å². The first-order chi connectivity index (χ1) is 13.0. The van der Waals surface area contributed by atoms with Crippen LogP contribution in [0, 0.1) is 11.8 Å². The van der Waals surface area contributed by atoms with E-state index in [1.54, 1.807) is 0 Å². The highest BCUT2D eigenvalue weighted by atomic mass is 32.2. The van der Waals surface area contributed by atoms with Gasteiger partial charge < -0.3 is 10.1 Å². The van der Waals surface area contributed by atoms with Gasteiger partial charge in [0, 0.05) is 4.88 Å². The molecular weight excluding hydrogens is 398 g/mol. The number of anilines is 1. The minimum atomic E-state index is -3.15. The maximum atomic E-state index is 12.9. The summed E-state index contributed by atoms with van der Waals surface area (Å²) in [6, 6.07) is 0. The Morgan fingerprint density at radius 1 is 1.25 bits per heavy atom. The number of ether oxygens (including phenoxy) is 1. The zero-order valence-electron chi connectivity index (χ0n) is 17.0. The van der Waals surface area contributed by atoms with E-state index in [4.69, 9.17) is 4.74 Å². The van der Waals surface area contributed by atoms with Gasteiger partial charge in [-0.15, -0.1) is 11.3 Å². The van der Waals surface area contributed by atoms with E-state index in [1.807, 2.05) is 20.8 Å². The van der Waals surface area contributed by atoms with Crippen LogP contribution >= 0.6 is 11.3 Å². The van der Waals surface area contributed by atoms with Crippen LogP contribution in [0.15, 0.2) is 0 Å². The van der Waals surface area contributed by atoms with E-state index in [0.717, 1.165) is 36.1 Å². The fourth-order valence-electron chi connectivity index (χ4n) is 3.85. The predicted octanol–water partition coefficient (Wildman–Crippen LogP) is 3.59. The Hall–Kier alpha value is -1.41. The van der Waals surface area contributed by atoms with Crippen molar-refractivity contribution >= 4 is 38.1 Å². The number of thiophene rings is 1. The van der Waals surface area contributed by atoms with E-state index < -0.39 is 27.3 Å². The van der Waals surface area contributed by atoms with Gasteiger partial charge in [-0.1, -0.05) is 13.3 Å². The Balaban J connectivity index is 1.90. The molecule has 2 atom stereocenters. The lowest BCUT2D eigenvalue weighted by molar-refractivity contribution is -0.119. The third-order valence-electron chi connectivity index (χ3n) is 5.39. The number of hydrogen-bond acceptors (Lipinski definition) is 6. The Morgan fingerprint density at radius 3 is 2.54 bits per heavy atom. The third-order valence-corrected chi connectivity index (χ3v) is 8.33. The molecule has 8 heteroatoms. The van der Waals surface area contributed by atoms with E-state index in [0.29, 0.717) is 22.9 Å². The summed E-state index contributed by atoms with van der Waals surface area (Å²) < 4.78 is 29.0. The van der Waals surface area contributed by atoms with Crippen LogP contribution in [0.3, 0.4) is 0 Å². The molecule has 0 aromatic carbocycles. The van der Waals surface area contributed by atoms with E-state index in [9.17, 15) is 18.0 Å². The lowest BCUT2D eigenvalue weighted by atomic mass is 9.85. The van der Waals surface area contributed by atoms with Crippen LogP contribution in [0.25, 0.3) is 0 Å². The second-order valence-electron chi connectivity index (χ2n) is 8.82. The Morgan fingerprint density at radius 2 is 1.96 bits per heavy atom. The van der Waals surface area contributed by atoms with Gasteiger partial charge in [-0.05, 0) is 57.9 Å². The van der Waals surface area contributed by atoms with Crippen molar-refractivity contribution in [3.05, 3.63) is 16.0 Å². The molecule has 2 aliphatic rings. The van der Waals surface area contributed by atoms with E-state index >= 15 is 0 Å². The van der Waals surface area contributed by atoms with Crippen LogP contribution in [0.4, 0.5) is 5.00 Å². The third kappa shape index (κ3) is 4.76. The molecule has 0 unspecified atom stereocenters. The van der Waals surface area contributed by atoms with E-state index in [2.05, 4.69) is 12.2 Å². The van der Waals surface area contributed by atoms with Crippen LogP contribution in [0.1, 0.15) is 67.8 Å². The SMILES string of the molecule is CC[C@@H]1CCc2c(sc(NC(=O)[C@H]3CCS(=O)(=O)C3)c2C(=O)OC(C)(C)C)C1. The fourth-order valence-corrected chi connectivity index (χ4v) is 6.95. The van der Waals surface area contributed by atoms with Crippen molar-refractivity contribution in [3.63, 3.8) is 0 Å². The second kappa shape index (κ2) is 7.78.